The zero-order valence-electron chi connectivity index (χ0n) is 18.7. The van der Waals surface area contributed by atoms with Crippen molar-refractivity contribution in [2.75, 3.05) is 24.9 Å². The lowest BCUT2D eigenvalue weighted by molar-refractivity contribution is 0.0789. The van der Waals surface area contributed by atoms with E-state index in [-0.39, 0.29) is 16.4 Å². The Hall–Kier alpha value is -2.68. The highest BCUT2D eigenvalue weighted by atomic mass is 35.5. The van der Waals surface area contributed by atoms with Crippen molar-refractivity contribution in [1.82, 2.24) is 4.90 Å². The fraction of sp³-hybridized carbons (Fsp3) is 0.240. The number of amides is 1. The molecule has 1 fully saturated rings. The number of sulfonamides is 1. The summed E-state index contributed by atoms with van der Waals surface area (Å²) in [5.41, 5.74) is 1.80. The van der Waals surface area contributed by atoms with Crippen LogP contribution in [0.25, 0.3) is 0 Å². The first-order valence-corrected chi connectivity index (χ1v) is 13.7. The normalized spacial score (nSPS) is 13.6. The molecule has 1 N–H and O–H groups in total. The van der Waals surface area contributed by atoms with Crippen molar-refractivity contribution in [1.29, 1.82) is 0 Å². The van der Waals surface area contributed by atoms with E-state index in [1.165, 1.54) is 37.1 Å². The number of nitrogens with zero attached hydrogens (tertiary/aromatic N) is 1. The molecule has 178 valence electrons. The number of anilines is 1. The molecule has 1 aliphatic rings. The molecule has 0 saturated carbocycles. The summed E-state index contributed by atoms with van der Waals surface area (Å²) >= 11 is 7.48. The van der Waals surface area contributed by atoms with Crippen molar-refractivity contribution < 1.29 is 17.9 Å². The minimum Gasteiger partial charge on any atom is -0.496 e. The molecule has 1 saturated heterocycles. The zero-order valence-corrected chi connectivity index (χ0v) is 21.0. The summed E-state index contributed by atoms with van der Waals surface area (Å²) in [6, 6.07) is 19.2. The molecule has 6 nitrogen and oxygen atoms in total. The van der Waals surface area contributed by atoms with E-state index in [1.54, 1.807) is 17.0 Å². The van der Waals surface area contributed by atoms with Crippen LogP contribution in [0.4, 0.5) is 5.69 Å². The number of hydrogen-bond acceptors (Lipinski definition) is 5. The van der Waals surface area contributed by atoms with Gasteiger partial charge in [0.2, 0.25) is 0 Å². The molecule has 9 heteroatoms. The van der Waals surface area contributed by atoms with Crippen molar-refractivity contribution in [2.45, 2.75) is 28.4 Å². The van der Waals surface area contributed by atoms with Crippen LogP contribution in [0.5, 0.6) is 5.75 Å². The Balaban J connectivity index is 1.57. The van der Waals surface area contributed by atoms with Gasteiger partial charge < -0.3 is 9.64 Å². The Morgan fingerprint density at radius 2 is 1.76 bits per heavy atom. The van der Waals surface area contributed by atoms with Gasteiger partial charge in [0.1, 0.15) is 5.75 Å². The summed E-state index contributed by atoms with van der Waals surface area (Å²) in [5.74, 6) is 0.799. The number of nitrogens with one attached hydrogen (secondary N) is 1. The largest absolute Gasteiger partial charge is 0.496 e. The molecule has 4 rings (SSSR count). The topological polar surface area (TPSA) is 75.7 Å². The molecule has 0 aliphatic carbocycles. The Bertz CT molecular complexity index is 1270. The van der Waals surface area contributed by atoms with Crippen LogP contribution in [0.2, 0.25) is 5.02 Å². The van der Waals surface area contributed by atoms with Crippen molar-refractivity contribution in [3.63, 3.8) is 0 Å². The summed E-state index contributed by atoms with van der Waals surface area (Å²) < 4.78 is 34.5. The van der Waals surface area contributed by atoms with Gasteiger partial charge in [0.05, 0.1) is 23.3 Å². The maximum absolute atomic E-state index is 13.3. The number of carbonyl (C=O) groups excluding carboxylic acids is 1. The molecular formula is C25H25ClN2O4S2. The molecule has 0 bridgehead atoms. The molecule has 1 amide bonds. The Morgan fingerprint density at radius 1 is 1.06 bits per heavy atom. The van der Waals surface area contributed by atoms with Gasteiger partial charge in [-0.3, -0.25) is 9.52 Å². The number of benzene rings is 3. The summed E-state index contributed by atoms with van der Waals surface area (Å²) in [6.07, 6.45) is 1.89. The van der Waals surface area contributed by atoms with Gasteiger partial charge in [0.25, 0.3) is 15.9 Å². The average Bonchev–Trinajstić information content (AvgIpc) is 3.38. The predicted molar refractivity (Wildman–Crippen MR) is 136 cm³/mol. The first kappa shape index (κ1) is 24.4. The lowest BCUT2D eigenvalue weighted by Gasteiger charge is -2.18. The van der Waals surface area contributed by atoms with Gasteiger partial charge in [-0.15, -0.1) is 11.8 Å². The van der Waals surface area contributed by atoms with E-state index in [1.807, 2.05) is 36.4 Å². The van der Waals surface area contributed by atoms with Crippen molar-refractivity contribution >= 4 is 45.0 Å². The van der Waals surface area contributed by atoms with Crippen molar-refractivity contribution in [3.8, 4) is 5.75 Å². The first-order valence-electron chi connectivity index (χ1n) is 10.8. The van der Waals surface area contributed by atoms with Gasteiger partial charge in [-0.05, 0) is 60.9 Å². The van der Waals surface area contributed by atoms with E-state index in [0.717, 1.165) is 23.3 Å². The van der Waals surface area contributed by atoms with Crippen LogP contribution in [0.15, 0.2) is 76.5 Å². The third-order valence-electron chi connectivity index (χ3n) is 5.54. The summed E-state index contributed by atoms with van der Waals surface area (Å²) in [5, 5.41) is 0.670. The van der Waals surface area contributed by atoms with Crippen molar-refractivity contribution in [2.24, 2.45) is 0 Å². The van der Waals surface area contributed by atoms with Gasteiger partial charge in [-0.25, -0.2) is 8.42 Å². The third kappa shape index (κ3) is 5.68. The Morgan fingerprint density at radius 3 is 2.47 bits per heavy atom. The Labute approximate surface area is 209 Å². The Kier molecular flexibility index (Phi) is 7.70. The molecular weight excluding hydrogens is 492 g/mol. The molecule has 0 aromatic heterocycles. The second-order valence-electron chi connectivity index (χ2n) is 7.88. The van der Waals surface area contributed by atoms with Crippen molar-refractivity contribution in [3.05, 3.63) is 82.9 Å². The first-order chi connectivity index (χ1) is 16.4. The molecule has 1 heterocycles. The van der Waals surface area contributed by atoms with E-state index < -0.39 is 10.0 Å². The van der Waals surface area contributed by atoms with Gasteiger partial charge in [0.15, 0.2) is 0 Å². The number of ether oxygens (including phenoxy) is 1. The van der Waals surface area contributed by atoms with Crippen LogP contribution in [-0.4, -0.2) is 39.4 Å². The lowest BCUT2D eigenvalue weighted by atomic mass is 10.1. The van der Waals surface area contributed by atoms with Crippen LogP contribution in [0.3, 0.4) is 0 Å². The van der Waals surface area contributed by atoms with Gasteiger partial charge in [-0.1, -0.05) is 35.9 Å². The van der Waals surface area contributed by atoms with E-state index in [0.29, 0.717) is 35.3 Å². The summed E-state index contributed by atoms with van der Waals surface area (Å²) in [4.78, 5) is 15.5. The SMILES string of the molecule is COc1ccc(S(=O)(=O)Nc2ccccc2SCc2ccc(Cl)cc2)cc1C(=O)N1CCCC1. The minimum atomic E-state index is -3.94. The highest BCUT2D eigenvalue weighted by Gasteiger charge is 2.25. The van der Waals surface area contributed by atoms with Crippen LogP contribution in [-0.2, 0) is 15.8 Å². The molecule has 1 aliphatic heterocycles. The summed E-state index contributed by atoms with van der Waals surface area (Å²) in [7, 11) is -2.47. The number of hydrogen-bond donors (Lipinski definition) is 1. The molecule has 0 spiro atoms. The smallest absolute Gasteiger partial charge is 0.261 e. The maximum atomic E-state index is 13.3. The quantitative estimate of drug-likeness (QED) is 0.390. The van der Waals surface area contributed by atoms with E-state index >= 15 is 0 Å². The van der Waals surface area contributed by atoms with E-state index in [9.17, 15) is 13.2 Å². The maximum Gasteiger partial charge on any atom is 0.261 e. The molecule has 34 heavy (non-hydrogen) atoms. The fourth-order valence-electron chi connectivity index (χ4n) is 3.73. The number of carbonyl (C=O) groups is 1. The van der Waals surface area contributed by atoms with Crippen LogP contribution < -0.4 is 9.46 Å². The highest BCUT2D eigenvalue weighted by molar-refractivity contribution is 7.98. The van der Waals surface area contributed by atoms with Gasteiger partial charge >= 0.3 is 0 Å². The predicted octanol–water partition coefficient (Wildman–Crippen LogP) is 5.68. The molecule has 3 aromatic carbocycles. The fourth-order valence-corrected chi connectivity index (χ4v) is 5.99. The third-order valence-corrected chi connectivity index (χ3v) is 8.30. The van der Waals surface area contributed by atoms with Gasteiger partial charge in [0, 0.05) is 28.8 Å². The number of rotatable bonds is 8. The van der Waals surface area contributed by atoms with Gasteiger partial charge in [-0.2, -0.15) is 0 Å². The zero-order chi connectivity index (χ0) is 24.1. The minimum absolute atomic E-state index is 0.00773. The standard InChI is InChI=1S/C25H25ClN2O4S2/c1-32-23-13-12-20(16-21(23)25(29)28-14-4-5-15-28)34(30,31)27-22-6-2-3-7-24(22)33-17-18-8-10-19(26)11-9-18/h2-3,6-13,16,27H,4-5,14-15,17H2,1H3. The van der Waals surface area contributed by atoms with E-state index in [4.69, 9.17) is 16.3 Å². The number of likely N-dealkylation sites (tertiary alicyclic amines) is 1. The monoisotopic (exact) mass is 516 g/mol. The molecule has 0 atom stereocenters. The lowest BCUT2D eigenvalue weighted by Crippen LogP contribution is -2.28. The highest BCUT2D eigenvalue weighted by Crippen LogP contribution is 2.32. The molecule has 0 radical (unpaired) electrons. The second kappa shape index (κ2) is 10.7. The number of thioether (sulfide) groups is 1. The van der Waals surface area contributed by atoms with Crippen LogP contribution >= 0.6 is 23.4 Å². The van der Waals surface area contributed by atoms with Crippen LogP contribution in [0.1, 0.15) is 28.8 Å². The van der Waals surface area contributed by atoms with E-state index in [2.05, 4.69) is 4.72 Å². The molecule has 0 unspecified atom stereocenters. The summed E-state index contributed by atoms with van der Waals surface area (Å²) in [6.45, 7) is 1.32. The number of halogens is 1. The number of methoxy groups -OCH3 is 1. The number of para-hydroxylation sites is 1. The van der Waals surface area contributed by atoms with Crippen LogP contribution in [0, 0.1) is 0 Å². The second-order valence-corrected chi connectivity index (χ2v) is 11.0. The average molecular weight is 517 g/mol. The molecule has 3 aromatic rings.